The normalized spacial score (nSPS) is 18.5. The standard InChI is InChI=1S/C22H21.C6H10.2ClH.Zr/c1-13-8-7-11-18-12-19-21(17-9-5-6-10-17)15(3)14(2)16(4)22(19)20(13)18;1-2-4-6-5-3-1;;;/h5-9,11-12H,10H2,1-4H3;1-5H2;2*1H;/q;;;;+2/p-2. The van der Waals surface area contributed by atoms with E-state index in [2.05, 4.69) is 64.1 Å². The van der Waals surface area contributed by atoms with Gasteiger partial charge in [0.05, 0.1) is 0 Å². The maximum absolute atomic E-state index is 2.46. The van der Waals surface area contributed by atoms with Crippen molar-refractivity contribution in [2.45, 2.75) is 69.8 Å². The minimum absolute atomic E-state index is 0. The van der Waals surface area contributed by atoms with Gasteiger partial charge < -0.3 is 24.8 Å². The maximum Gasteiger partial charge on any atom is -1.00 e. The molecule has 0 aliphatic heterocycles. The molecule has 0 bridgehead atoms. The number of aryl methyl sites for hydroxylation is 1. The number of halogens is 2. The van der Waals surface area contributed by atoms with E-state index in [0.717, 1.165) is 6.42 Å². The Morgan fingerprint density at radius 2 is 1.52 bits per heavy atom. The second-order valence-electron chi connectivity index (χ2n) is 9.14. The van der Waals surface area contributed by atoms with Crippen LogP contribution < -0.4 is 24.8 Å². The van der Waals surface area contributed by atoms with Crippen LogP contribution in [0.15, 0.2) is 36.4 Å². The van der Waals surface area contributed by atoms with Gasteiger partial charge in [-0.3, -0.25) is 0 Å². The van der Waals surface area contributed by atoms with Gasteiger partial charge in [0.25, 0.3) is 0 Å². The molecule has 2 aromatic rings. The van der Waals surface area contributed by atoms with Gasteiger partial charge in [-0.25, -0.2) is 0 Å². The SMILES string of the molecule is Cc1cccc2c1-c1c(C)c(C)c(C)c(C3=CC=CC3)c1[CH]2[Zr+2]=[C]1CCCCC1.[Cl-].[Cl-]. The van der Waals surface area contributed by atoms with Crippen LogP contribution in [-0.2, 0) is 22.8 Å². The smallest absolute Gasteiger partial charge is 1.00 e. The third kappa shape index (κ3) is 4.16. The minimum atomic E-state index is -0.665. The molecule has 0 nitrogen and oxygen atoms in total. The molecule has 0 amide bonds. The molecule has 3 aliphatic rings. The number of hydrogen-bond acceptors (Lipinski definition) is 0. The van der Waals surface area contributed by atoms with Crippen LogP contribution in [0.25, 0.3) is 16.7 Å². The van der Waals surface area contributed by atoms with Gasteiger partial charge >= 0.3 is 188 Å². The topological polar surface area (TPSA) is 0 Å². The molecule has 2 aromatic carbocycles. The molecule has 0 spiro atoms. The van der Waals surface area contributed by atoms with Crippen LogP contribution in [0.2, 0.25) is 0 Å². The summed E-state index contributed by atoms with van der Waals surface area (Å²) < 4.78 is 2.68. The first-order chi connectivity index (χ1) is 14.1. The zero-order chi connectivity index (χ0) is 20.1. The Bertz CT molecular complexity index is 1100. The number of benzene rings is 2. The fourth-order valence-electron chi connectivity index (χ4n) is 5.75. The van der Waals surface area contributed by atoms with E-state index in [1.54, 1.807) is 33.4 Å². The van der Waals surface area contributed by atoms with E-state index in [-0.39, 0.29) is 24.8 Å². The van der Waals surface area contributed by atoms with Gasteiger partial charge in [-0.2, -0.15) is 0 Å². The van der Waals surface area contributed by atoms with Crippen molar-refractivity contribution >= 4 is 8.78 Å². The number of allylic oxidation sites excluding steroid dienone is 4. The van der Waals surface area contributed by atoms with E-state index >= 15 is 0 Å². The van der Waals surface area contributed by atoms with Crippen molar-refractivity contribution < 1.29 is 47.6 Å². The van der Waals surface area contributed by atoms with Crippen LogP contribution in [0.4, 0.5) is 0 Å². The fraction of sp³-hybridized carbons (Fsp3) is 0.393. The average molecular weight is 530 g/mol. The Hall–Kier alpha value is -0.747. The van der Waals surface area contributed by atoms with Gasteiger partial charge in [0.2, 0.25) is 0 Å². The van der Waals surface area contributed by atoms with Crippen molar-refractivity contribution in [2.75, 3.05) is 0 Å². The van der Waals surface area contributed by atoms with Crippen molar-refractivity contribution in [3.05, 3.63) is 75.4 Å². The maximum atomic E-state index is 2.46. The average Bonchev–Trinajstić information content (AvgIpc) is 3.36. The molecular formula is C28H31Cl2Zr. The summed E-state index contributed by atoms with van der Waals surface area (Å²) in [6, 6.07) is 7.10. The summed E-state index contributed by atoms with van der Waals surface area (Å²) in [5.41, 5.74) is 15.7. The van der Waals surface area contributed by atoms with Crippen LogP contribution in [0, 0.1) is 27.7 Å². The quantitative estimate of drug-likeness (QED) is 0.554. The number of hydrogen-bond donors (Lipinski definition) is 0. The third-order valence-electron chi connectivity index (χ3n) is 7.47. The second kappa shape index (κ2) is 10.0. The Balaban J connectivity index is 0.00000136. The molecule has 3 aliphatic carbocycles. The predicted molar refractivity (Wildman–Crippen MR) is 122 cm³/mol. The molecule has 0 N–H and O–H groups in total. The molecule has 1 unspecified atom stereocenters. The molecule has 1 fully saturated rings. The molecule has 0 radical (unpaired) electrons. The van der Waals surface area contributed by atoms with Crippen molar-refractivity contribution in [2.24, 2.45) is 0 Å². The van der Waals surface area contributed by atoms with Crippen LogP contribution in [0.3, 0.4) is 0 Å². The van der Waals surface area contributed by atoms with E-state index in [0.29, 0.717) is 3.63 Å². The van der Waals surface area contributed by atoms with Gasteiger partial charge in [0.1, 0.15) is 0 Å². The van der Waals surface area contributed by atoms with E-state index in [4.69, 9.17) is 0 Å². The first-order valence-electron chi connectivity index (χ1n) is 11.3. The van der Waals surface area contributed by atoms with Crippen LogP contribution >= 0.6 is 0 Å². The largest absolute Gasteiger partial charge is 1.00 e. The van der Waals surface area contributed by atoms with Gasteiger partial charge in [0, 0.05) is 0 Å². The predicted octanol–water partition coefficient (Wildman–Crippen LogP) is 1.56. The Morgan fingerprint density at radius 1 is 0.806 bits per heavy atom. The van der Waals surface area contributed by atoms with Gasteiger partial charge in [0.15, 0.2) is 0 Å². The number of rotatable bonds is 2. The molecule has 161 valence electrons. The molecule has 0 aromatic heterocycles. The van der Waals surface area contributed by atoms with Gasteiger partial charge in [-0.05, 0) is 0 Å². The van der Waals surface area contributed by atoms with E-state index in [9.17, 15) is 0 Å². The summed E-state index contributed by atoms with van der Waals surface area (Å²) in [4.78, 5) is 0. The second-order valence-corrected chi connectivity index (χ2v) is 13.0. The molecule has 1 atom stereocenters. The first-order valence-corrected chi connectivity index (χ1v) is 13.9. The van der Waals surface area contributed by atoms with Crippen LogP contribution in [0.1, 0.15) is 81.1 Å². The summed E-state index contributed by atoms with van der Waals surface area (Å²) >= 11 is -0.665. The molecule has 5 rings (SSSR count). The van der Waals surface area contributed by atoms with Crippen LogP contribution in [-0.4, -0.2) is 3.21 Å². The number of fused-ring (bicyclic) bond motifs is 3. The molecule has 3 heteroatoms. The van der Waals surface area contributed by atoms with E-state index < -0.39 is 22.8 Å². The molecule has 31 heavy (non-hydrogen) atoms. The van der Waals surface area contributed by atoms with Gasteiger partial charge in [-0.15, -0.1) is 0 Å². The van der Waals surface area contributed by atoms with Gasteiger partial charge in [-0.1, -0.05) is 0 Å². The third-order valence-corrected chi connectivity index (χ3v) is 11.9. The van der Waals surface area contributed by atoms with Crippen molar-refractivity contribution in [3.63, 3.8) is 0 Å². The summed E-state index contributed by atoms with van der Waals surface area (Å²) in [7, 11) is 0. The fourth-order valence-corrected chi connectivity index (χ4v) is 10.4. The Labute approximate surface area is 211 Å². The molecule has 1 saturated carbocycles. The zero-order valence-corrected chi connectivity index (χ0v) is 23.0. The first kappa shape index (κ1) is 24.9. The van der Waals surface area contributed by atoms with E-state index in [1.807, 2.05) is 3.21 Å². The van der Waals surface area contributed by atoms with Crippen LogP contribution in [0.5, 0.6) is 0 Å². The summed E-state index contributed by atoms with van der Waals surface area (Å²) in [5, 5.41) is 0. The molecule has 0 saturated heterocycles. The van der Waals surface area contributed by atoms with E-state index in [1.165, 1.54) is 54.4 Å². The molecular weight excluding hydrogens is 498 g/mol. The monoisotopic (exact) mass is 527 g/mol. The Morgan fingerprint density at radius 3 is 2.19 bits per heavy atom. The van der Waals surface area contributed by atoms with Crippen molar-refractivity contribution in [1.82, 2.24) is 0 Å². The molecule has 0 heterocycles. The summed E-state index contributed by atoms with van der Waals surface area (Å²) in [6.07, 6.45) is 15.2. The summed E-state index contributed by atoms with van der Waals surface area (Å²) in [5.74, 6) is 0. The van der Waals surface area contributed by atoms with Crippen molar-refractivity contribution in [3.8, 4) is 11.1 Å². The van der Waals surface area contributed by atoms with Crippen molar-refractivity contribution in [1.29, 1.82) is 0 Å². The minimum Gasteiger partial charge on any atom is -1.00 e. The summed E-state index contributed by atoms with van der Waals surface area (Å²) in [6.45, 7) is 9.43. The Kier molecular flexibility index (Phi) is 8.05. The zero-order valence-electron chi connectivity index (χ0n) is 19.0.